The molecule has 0 unspecified atom stereocenters. The Bertz CT molecular complexity index is 784. The molecule has 0 saturated heterocycles. The van der Waals surface area contributed by atoms with Gasteiger partial charge >= 0.3 is 0 Å². The van der Waals surface area contributed by atoms with E-state index >= 15 is 0 Å². The SMILES string of the molecule is NCCCCn1c(-c2ccncc2)nc2cc(F)c(F)cc21. The van der Waals surface area contributed by atoms with Crippen molar-refractivity contribution in [2.75, 3.05) is 6.54 Å². The van der Waals surface area contributed by atoms with E-state index in [1.807, 2.05) is 16.7 Å². The number of rotatable bonds is 5. The van der Waals surface area contributed by atoms with Crippen LogP contribution in [0.25, 0.3) is 22.4 Å². The maximum Gasteiger partial charge on any atom is 0.161 e. The molecule has 2 heterocycles. The van der Waals surface area contributed by atoms with Gasteiger partial charge in [-0.1, -0.05) is 0 Å². The molecule has 6 heteroatoms. The average Bonchev–Trinajstić information content (AvgIpc) is 2.87. The van der Waals surface area contributed by atoms with E-state index in [9.17, 15) is 8.78 Å². The molecule has 0 aliphatic heterocycles. The lowest BCUT2D eigenvalue weighted by atomic mass is 10.2. The maximum atomic E-state index is 13.6. The molecule has 2 N–H and O–H groups in total. The van der Waals surface area contributed by atoms with E-state index in [0.29, 0.717) is 29.9 Å². The summed E-state index contributed by atoms with van der Waals surface area (Å²) in [5, 5.41) is 0. The first-order valence-electron chi connectivity index (χ1n) is 7.16. The van der Waals surface area contributed by atoms with E-state index < -0.39 is 11.6 Å². The van der Waals surface area contributed by atoms with Crippen LogP contribution in [0.3, 0.4) is 0 Å². The molecule has 114 valence electrons. The summed E-state index contributed by atoms with van der Waals surface area (Å²) in [5.41, 5.74) is 7.42. The third-order valence-electron chi connectivity index (χ3n) is 3.56. The van der Waals surface area contributed by atoms with Crippen LogP contribution in [0.2, 0.25) is 0 Å². The van der Waals surface area contributed by atoms with E-state index in [1.165, 1.54) is 6.07 Å². The Hall–Kier alpha value is -2.34. The van der Waals surface area contributed by atoms with E-state index in [1.54, 1.807) is 12.4 Å². The molecule has 0 radical (unpaired) electrons. The van der Waals surface area contributed by atoms with Gasteiger partial charge in [-0.05, 0) is 31.5 Å². The van der Waals surface area contributed by atoms with Gasteiger partial charge in [0.2, 0.25) is 0 Å². The summed E-state index contributed by atoms with van der Waals surface area (Å²) in [7, 11) is 0. The van der Waals surface area contributed by atoms with Crippen molar-refractivity contribution >= 4 is 11.0 Å². The van der Waals surface area contributed by atoms with E-state index in [4.69, 9.17) is 5.73 Å². The van der Waals surface area contributed by atoms with Gasteiger partial charge in [-0.15, -0.1) is 0 Å². The second-order valence-corrected chi connectivity index (χ2v) is 5.07. The third kappa shape index (κ3) is 2.69. The van der Waals surface area contributed by atoms with Gasteiger partial charge in [-0.25, -0.2) is 13.8 Å². The van der Waals surface area contributed by atoms with Crippen molar-refractivity contribution in [3.63, 3.8) is 0 Å². The number of halogens is 2. The zero-order valence-corrected chi connectivity index (χ0v) is 12.0. The molecule has 0 amide bonds. The van der Waals surface area contributed by atoms with Crippen molar-refractivity contribution in [1.82, 2.24) is 14.5 Å². The molecular weight excluding hydrogens is 286 g/mol. The fourth-order valence-corrected chi connectivity index (χ4v) is 2.48. The van der Waals surface area contributed by atoms with E-state index in [0.717, 1.165) is 24.5 Å². The maximum absolute atomic E-state index is 13.6. The fourth-order valence-electron chi connectivity index (χ4n) is 2.48. The summed E-state index contributed by atoms with van der Waals surface area (Å²) < 4.78 is 28.9. The highest BCUT2D eigenvalue weighted by molar-refractivity contribution is 5.80. The number of fused-ring (bicyclic) bond motifs is 1. The summed E-state index contributed by atoms with van der Waals surface area (Å²) in [6.45, 7) is 1.25. The molecule has 4 nitrogen and oxygen atoms in total. The molecule has 0 aliphatic rings. The zero-order chi connectivity index (χ0) is 15.5. The summed E-state index contributed by atoms with van der Waals surface area (Å²) in [4.78, 5) is 8.45. The Labute approximate surface area is 126 Å². The topological polar surface area (TPSA) is 56.7 Å². The van der Waals surface area contributed by atoms with Gasteiger partial charge in [0.1, 0.15) is 5.82 Å². The van der Waals surface area contributed by atoms with Gasteiger partial charge in [-0.2, -0.15) is 0 Å². The second-order valence-electron chi connectivity index (χ2n) is 5.07. The highest BCUT2D eigenvalue weighted by Gasteiger charge is 2.15. The number of hydrogen-bond acceptors (Lipinski definition) is 3. The first kappa shape index (κ1) is 14.6. The van der Waals surface area contributed by atoms with E-state index in [2.05, 4.69) is 9.97 Å². The van der Waals surface area contributed by atoms with Crippen molar-refractivity contribution in [3.05, 3.63) is 48.3 Å². The van der Waals surface area contributed by atoms with Crippen molar-refractivity contribution in [2.45, 2.75) is 19.4 Å². The third-order valence-corrected chi connectivity index (χ3v) is 3.56. The smallest absolute Gasteiger partial charge is 0.161 e. The molecule has 0 bridgehead atoms. The molecule has 0 fully saturated rings. The van der Waals surface area contributed by atoms with Gasteiger partial charge in [0, 0.05) is 36.6 Å². The molecule has 22 heavy (non-hydrogen) atoms. The first-order valence-corrected chi connectivity index (χ1v) is 7.16. The van der Waals surface area contributed by atoms with Crippen LogP contribution in [0.15, 0.2) is 36.7 Å². The second kappa shape index (κ2) is 6.19. The molecule has 2 aromatic heterocycles. The standard InChI is InChI=1S/C16H16F2N4/c17-12-9-14-15(10-13(12)18)22(8-2-1-5-19)16(21-14)11-3-6-20-7-4-11/h3-4,6-7,9-10H,1-2,5,8,19H2. The fraction of sp³-hybridized carbons (Fsp3) is 0.250. The van der Waals surface area contributed by atoms with Crippen LogP contribution in [0.4, 0.5) is 8.78 Å². The van der Waals surface area contributed by atoms with Gasteiger partial charge in [0.15, 0.2) is 11.6 Å². The van der Waals surface area contributed by atoms with Gasteiger partial charge in [0.25, 0.3) is 0 Å². The number of imidazole rings is 1. The number of nitrogens with zero attached hydrogens (tertiary/aromatic N) is 3. The molecule has 3 rings (SSSR count). The summed E-state index contributed by atoms with van der Waals surface area (Å²) in [6.07, 6.45) is 5.04. The molecule has 0 aliphatic carbocycles. The zero-order valence-electron chi connectivity index (χ0n) is 12.0. The van der Waals surface area contributed by atoms with Crippen molar-refractivity contribution in [2.24, 2.45) is 5.73 Å². The summed E-state index contributed by atoms with van der Waals surface area (Å²) in [5.74, 6) is -1.08. The Morgan fingerprint density at radius 3 is 2.50 bits per heavy atom. The Kier molecular flexibility index (Phi) is 4.11. The number of nitrogens with two attached hydrogens (primary N) is 1. The predicted octanol–water partition coefficient (Wildman–Crippen LogP) is 3.12. The van der Waals surface area contributed by atoms with Crippen LogP contribution < -0.4 is 5.73 Å². The highest BCUT2D eigenvalue weighted by atomic mass is 19.2. The van der Waals surface area contributed by atoms with Gasteiger partial charge in [0.05, 0.1) is 11.0 Å². The lowest BCUT2D eigenvalue weighted by Gasteiger charge is -2.09. The number of hydrogen-bond donors (Lipinski definition) is 1. The average molecular weight is 302 g/mol. The number of aromatic nitrogens is 3. The monoisotopic (exact) mass is 302 g/mol. The number of pyridine rings is 1. The predicted molar refractivity (Wildman–Crippen MR) is 81.2 cm³/mol. The van der Waals surface area contributed by atoms with Crippen molar-refractivity contribution in [1.29, 1.82) is 0 Å². The molecule has 3 aromatic rings. The summed E-state index contributed by atoms with van der Waals surface area (Å²) >= 11 is 0. The van der Waals surface area contributed by atoms with Gasteiger partial charge in [-0.3, -0.25) is 4.98 Å². The lowest BCUT2D eigenvalue weighted by Crippen LogP contribution is -2.05. The van der Waals surface area contributed by atoms with E-state index in [-0.39, 0.29) is 0 Å². The van der Waals surface area contributed by atoms with Crippen molar-refractivity contribution < 1.29 is 8.78 Å². The molecule has 0 atom stereocenters. The van der Waals surface area contributed by atoms with Crippen LogP contribution in [-0.2, 0) is 6.54 Å². The molecule has 0 saturated carbocycles. The van der Waals surface area contributed by atoms with Crippen LogP contribution in [0.5, 0.6) is 0 Å². The van der Waals surface area contributed by atoms with Crippen molar-refractivity contribution in [3.8, 4) is 11.4 Å². The number of unbranched alkanes of at least 4 members (excludes halogenated alkanes) is 1. The highest BCUT2D eigenvalue weighted by Crippen LogP contribution is 2.26. The van der Waals surface area contributed by atoms with Crippen LogP contribution in [0, 0.1) is 11.6 Å². The van der Waals surface area contributed by atoms with Crippen LogP contribution >= 0.6 is 0 Å². The minimum absolute atomic E-state index is 0.443. The lowest BCUT2D eigenvalue weighted by molar-refractivity contribution is 0.510. The normalized spacial score (nSPS) is 11.2. The quantitative estimate of drug-likeness (QED) is 0.737. The molecule has 0 spiro atoms. The van der Waals surface area contributed by atoms with Gasteiger partial charge < -0.3 is 10.3 Å². The Morgan fingerprint density at radius 1 is 1.05 bits per heavy atom. The molecular formula is C16H16F2N4. The number of benzene rings is 1. The molecule has 1 aromatic carbocycles. The summed E-state index contributed by atoms with van der Waals surface area (Å²) in [6, 6.07) is 5.99. The van der Waals surface area contributed by atoms with Crippen LogP contribution in [-0.4, -0.2) is 21.1 Å². The number of aryl methyl sites for hydroxylation is 1. The Balaban J connectivity index is 2.15. The Morgan fingerprint density at radius 2 is 1.77 bits per heavy atom. The van der Waals surface area contributed by atoms with Crippen LogP contribution in [0.1, 0.15) is 12.8 Å². The minimum atomic E-state index is -0.889. The largest absolute Gasteiger partial charge is 0.330 e. The minimum Gasteiger partial charge on any atom is -0.330 e. The first-order chi connectivity index (χ1) is 10.7.